The highest BCUT2D eigenvalue weighted by Crippen LogP contribution is 2.28. The standard InChI is InChI=1S/C19H23FN2O3S/c20-15-2-1-3-17-14(15)10-18(26-17)19(23)21-11-16(13-4-7-25-12-13)22-5-8-24-9-6-22/h1-3,10,13,16H,4-9,11-12H2,(H,21,23)/t13-,16-/m0/s1. The van der Waals surface area contributed by atoms with Crippen LogP contribution in [0.3, 0.4) is 0 Å². The van der Waals surface area contributed by atoms with E-state index in [1.54, 1.807) is 12.1 Å². The molecule has 1 aromatic carbocycles. The Morgan fingerprint density at radius 2 is 2.15 bits per heavy atom. The largest absolute Gasteiger partial charge is 0.381 e. The van der Waals surface area contributed by atoms with Crippen molar-refractivity contribution in [2.24, 2.45) is 5.92 Å². The predicted octanol–water partition coefficient (Wildman–Crippen LogP) is 2.51. The summed E-state index contributed by atoms with van der Waals surface area (Å²) in [5, 5.41) is 3.58. The van der Waals surface area contributed by atoms with Gasteiger partial charge < -0.3 is 14.8 Å². The first-order valence-corrected chi connectivity index (χ1v) is 9.90. The Hall–Kier alpha value is -1.54. The van der Waals surface area contributed by atoms with Crippen molar-refractivity contribution < 1.29 is 18.7 Å². The topological polar surface area (TPSA) is 50.8 Å². The number of morpholine rings is 1. The fourth-order valence-corrected chi connectivity index (χ4v) is 4.77. The van der Waals surface area contributed by atoms with E-state index in [0.29, 0.717) is 22.7 Å². The van der Waals surface area contributed by atoms with Crippen molar-refractivity contribution in [2.75, 3.05) is 46.1 Å². The molecular weight excluding hydrogens is 355 g/mol. The van der Waals surface area contributed by atoms with Gasteiger partial charge in [-0.25, -0.2) is 4.39 Å². The summed E-state index contributed by atoms with van der Waals surface area (Å²) in [6.07, 6.45) is 1.02. The zero-order valence-electron chi connectivity index (χ0n) is 14.6. The number of carbonyl (C=O) groups is 1. The fraction of sp³-hybridized carbons (Fsp3) is 0.526. The maximum atomic E-state index is 13.9. The van der Waals surface area contributed by atoms with E-state index in [9.17, 15) is 9.18 Å². The number of rotatable bonds is 5. The smallest absolute Gasteiger partial charge is 0.261 e. The summed E-state index contributed by atoms with van der Waals surface area (Å²) in [4.78, 5) is 15.6. The summed E-state index contributed by atoms with van der Waals surface area (Å²) in [5.74, 6) is 0.00289. The van der Waals surface area contributed by atoms with Crippen molar-refractivity contribution in [3.05, 3.63) is 35.0 Å². The second-order valence-corrected chi connectivity index (χ2v) is 7.90. The van der Waals surface area contributed by atoms with Crippen molar-refractivity contribution in [2.45, 2.75) is 12.5 Å². The van der Waals surface area contributed by atoms with Crippen LogP contribution in [-0.4, -0.2) is 62.9 Å². The predicted molar refractivity (Wildman–Crippen MR) is 99.2 cm³/mol. The van der Waals surface area contributed by atoms with Gasteiger partial charge in [0, 0.05) is 48.3 Å². The van der Waals surface area contributed by atoms with Gasteiger partial charge in [0.25, 0.3) is 5.91 Å². The van der Waals surface area contributed by atoms with Crippen LogP contribution in [0.5, 0.6) is 0 Å². The van der Waals surface area contributed by atoms with Gasteiger partial charge in [-0.3, -0.25) is 9.69 Å². The number of nitrogens with zero attached hydrogens (tertiary/aromatic N) is 1. The van der Waals surface area contributed by atoms with Crippen molar-refractivity contribution in [1.29, 1.82) is 0 Å². The molecule has 0 aliphatic carbocycles. The van der Waals surface area contributed by atoms with Crippen LogP contribution in [0.2, 0.25) is 0 Å². The molecule has 2 fully saturated rings. The summed E-state index contributed by atoms with van der Waals surface area (Å²) >= 11 is 1.33. The Labute approximate surface area is 156 Å². The zero-order chi connectivity index (χ0) is 17.9. The average molecular weight is 378 g/mol. The van der Waals surface area contributed by atoms with E-state index in [0.717, 1.165) is 50.6 Å². The van der Waals surface area contributed by atoms with Crippen LogP contribution in [0.15, 0.2) is 24.3 Å². The molecule has 26 heavy (non-hydrogen) atoms. The van der Waals surface area contributed by atoms with Crippen LogP contribution in [0.1, 0.15) is 16.1 Å². The third kappa shape index (κ3) is 3.76. The molecule has 2 atom stereocenters. The second kappa shape index (κ2) is 8.00. The maximum Gasteiger partial charge on any atom is 0.261 e. The molecule has 0 saturated carbocycles. The van der Waals surface area contributed by atoms with Gasteiger partial charge in [-0.15, -0.1) is 11.3 Å². The number of fused-ring (bicyclic) bond motifs is 1. The van der Waals surface area contributed by atoms with Gasteiger partial charge in [0.2, 0.25) is 0 Å². The van der Waals surface area contributed by atoms with Crippen molar-refractivity contribution in [3.63, 3.8) is 0 Å². The number of thiophene rings is 1. The molecule has 0 radical (unpaired) electrons. The normalized spacial score (nSPS) is 22.6. The molecule has 1 amide bonds. The minimum Gasteiger partial charge on any atom is -0.381 e. The molecule has 1 aromatic heterocycles. The summed E-state index contributed by atoms with van der Waals surface area (Å²) in [5.41, 5.74) is 0. The third-order valence-electron chi connectivity index (χ3n) is 5.23. The number of benzene rings is 1. The van der Waals surface area contributed by atoms with Crippen LogP contribution < -0.4 is 5.32 Å². The number of ether oxygens (including phenoxy) is 2. The first kappa shape index (κ1) is 17.9. The van der Waals surface area contributed by atoms with Crippen LogP contribution in [0, 0.1) is 11.7 Å². The van der Waals surface area contributed by atoms with Gasteiger partial charge in [-0.2, -0.15) is 0 Å². The molecule has 2 aromatic rings. The van der Waals surface area contributed by atoms with E-state index in [1.807, 2.05) is 6.07 Å². The highest BCUT2D eigenvalue weighted by atomic mass is 32.1. The highest BCUT2D eigenvalue weighted by molar-refractivity contribution is 7.20. The molecule has 2 aliphatic rings. The number of halogens is 1. The lowest BCUT2D eigenvalue weighted by Crippen LogP contribution is -2.52. The Bertz CT molecular complexity index is 769. The van der Waals surface area contributed by atoms with Gasteiger partial charge in [-0.05, 0) is 24.6 Å². The molecule has 0 spiro atoms. The maximum absolute atomic E-state index is 13.9. The number of nitrogens with one attached hydrogen (secondary N) is 1. The monoisotopic (exact) mass is 378 g/mol. The van der Waals surface area contributed by atoms with Gasteiger partial charge >= 0.3 is 0 Å². The van der Waals surface area contributed by atoms with E-state index < -0.39 is 0 Å². The molecule has 0 bridgehead atoms. The number of carbonyl (C=O) groups excluding carboxylic acids is 1. The van der Waals surface area contributed by atoms with Crippen LogP contribution >= 0.6 is 11.3 Å². The van der Waals surface area contributed by atoms with Crippen molar-refractivity contribution >= 4 is 27.3 Å². The van der Waals surface area contributed by atoms with E-state index in [4.69, 9.17) is 9.47 Å². The Kier molecular flexibility index (Phi) is 5.49. The minimum absolute atomic E-state index is 0.136. The molecule has 2 saturated heterocycles. The van der Waals surface area contributed by atoms with E-state index in [1.165, 1.54) is 17.4 Å². The van der Waals surface area contributed by atoms with Gasteiger partial charge in [0.15, 0.2) is 0 Å². The average Bonchev–Trinajstić information content (AvgIpc) is 3.33. The molecule has 140 valence electrons. The van der Waals surface area contributed by atoms with E-state index in [-0.39, 0.29) is 17.8 Å². The molecule has 3 heterocycles. The van der Waals surface area contributed by atoms with Crippen molar-refractivity contribution in [3.8, 4) is 0 Å². The fourth-order valence-electron chi connectivity index (χ4n) is 3.78. The number of amides is 1. The number of hydrogen-bond acceptors (Lipinski definition) is 5. The molecule has 5 nitrogen and oxygen atoms in total. The zero-order valence-corrected chi connectivity index (χ0v) is 15.4. The lowest BCUT2D eigenvalue weighted by atomic mass is 9.97. The number of hydrogen-bond donors (Lipinski definition) is 1. The second-order valence-electron chi connectivity index (χ2n) is 6.81. The summed E-state index contributed by atoms with van der Waals surface area (Å²) in [6, 6.07) is 6.83. The molecule has 1 N–H and O–H groups in total. The molecular formula is C19H23FN2O3S. The Morgan fingerprint density at radius 3 is 2.88 bits per heavy atom. The molecule has 7 heteroatoms. The van der Waals surface area contributed by atoms with Gasteiger partial charge in [0.05, 0.1) is 24.7 Å². The third-order valence-corrected chi connectivity index (χ3v) is 6.33. The minimum atomic E-state index is -0.285. The molecule has 4 rings (SSSR count). The van der Waals surface area contributed by atoms with Crippen LogP contribution in [-0.2, 0) is 9.47 Å². The summed E-state index contributed by atoms with van der Waals surface area (Å²) < 4.78 is 25.7. The van der Waals surface area contributed by atoms with Gasteiger partial charge in [0.1, 0.15) is 5.82 Å². The lowest BCUT2D eigenvalue weighted by Gasteiger charge is -2.37. The van der Waals surface area contributed by atoms with E-state index in [2.05, 4.69) is 10.2 Å². The van der Waals surface area contributed by atoms with Gasteiger partial charge in [-0.1, -0.05) is 6.07 Å². The summed E-state index contributed by atoms with van der Waals surface area (Å²) in [6.45, 7) is 5.32. The summed E-state index contributed by atoms with van der Waals surface area (Å²) in [7, 11) is 0. The Balaban J connectivity index is 1.45. The van der Waals surface area contributed by atoms with Crippen LogP contribution in [0.25, 0.3) is 10.1 Å². The first-order chi connectivity index (χ1) is 12.7. The lowest BCUT2D eigenvalue weighted by molar-refractivity contribution is 0.00167. The molecule has 0 unspecified atom stereocenters. The Morgan fingerprint density at radius 1 is 1.31 bits per heavy atom. The van der Waals surface area contributed by atoms with E-state index >= 15 is 0 Å². The quantitative estimate of drug-likeness (QED) is 0.869. The molecule has 2 aliphatic heterocycles. The highest BCUT2D eigenvalue weighted by Gasteiger charge is 2.32. The first-order valence-electron chi connectivity index (χ1n) is 9.08. The van der Waals surface area contributed by atoms with Crippen LogP contribution in [0.4, 0.5) is 4.39 Å². The van der Waals surface area contributed by atoms with Crippen molar-refractivity contribution in [1.82, 2.24) is 10.2 Å². The SMILES string of the molecule is O=C(NC[C@@H]([C@H]1CCOC1)N1CCOCC1)c1cc2c(F)cccc2s1.